The normalized spacial score (nSPS) is 12.4. The van der Waals surface area contributed by atoms with Crippen molar-refractivity contribution in [1.82, 2.24) is 5.32 Å². The Morgan fingerprint density at radius 3 is 2.48 bits per heavy atom. The molecule has 1 amide bonds. The zero-order valence-corrected chi connectivity index (χ0v) is 12.8. The van der Waals surface area contributed by atoms with Crippen LogP contribution in [0.5, 0.6) is 0 Å². The Labute approximate surface area is 124 Å². The molecule has 6 heteroatoms. The Morgan fingerprint density at radius 1 is 1.29 bits per heavy atom. The molecule has 6 nitrogen and oxygen atoms in total. The maximum absolute atomic E-state index is 11.7. The molecular formula is C15H22N2O4. The highest BCUT2D eigenvalue weighted by atomic mass is 16.6. The molecule has 0 fully saturated rings. The van der Waals surface area contributed by atoms with E-state index in [0.717, 1.165) is 0 Å². The van der Waals surface area contributed by atoms with Gasteiger partial charge in [0.2, 0.25) is 0 Å². The number of ether oxygens (including phenoxy) is 2. The first-order chi connectivity index (χ1) is 9.74. The molecule has 0 aliphatic rings. The van der Waals surface area contributed by atoms with Crippen molar-refractivity contribution in [1.29, 1.82) is 0 Å². The molecule has 0 bridgehead atoms. The number of hydrogen-bond acceptors (Lipinski definition) is 5. The van der Waals surface area contributed by atoms with Crippen molar-refractivity contribution < 1.29 is 19.1 Å². The summed E-state index contributed by atoms with van der Waals surface area (Å²) >= 11 is 0. The zero-order chi connectivity index (χ0) is 16.0. The molecule has 1 rings (SSSR count). The molecule has 1 atom stereocenters. The van der Waals surface area contributed by atoms with Gasteiger partial charge < -0.3 is 20.5 Å². The third kappa shape index (κ3) is 5.43. The van der Waals surface area contributed by atoms with Gasteiger partial charge in [0.05, 0.1) is 12.7 Å². The molecule has 21 heavy (non-hydrogen) atoms. The Morgan fingerprint density at radius 2 is 1.90 bits per heavy atom. The minimum Gasteiger partial charge on any atom is -0.465 e. The Bertz CT molecular complexity index is 509. The minimum absolute atomic E-state index is 0.156. The first-order valence-corrected chi connectivity index (χ1v) is 6.64. The van der Waals surface area contributed by atoms with Crippen molar-refractivity contribution in [2.45, 2.75) is 32.4 Å². The van der Waals surface area contributed by atoms with E-state index in [4.69, 9.17) is 15.2 Å². The van der Waals surface area contributed by atoms with Gasteiger partial charge >= 0.3 is 12.1 Å². The Hall–Kier alpha value is -2.08. The first-order valence-electron chi connectivity index (χ1n) is 6.64. The standard InChI is InChI=1S/C15H22N2O4/c1-15(2,3)21-14(19)17-9-12(16)10-7-5-6-8-11(10)13(18)20-4/h5-8,12H,9,16H2,1-4H3,(H,17,19). The number of hydrogen-bond donors (Lipinski definition) is 2. The number of amides is 1. The predicted octanol–water partition coefficient (Wildman–Crippen LogP) is 2.00. The number of nitrogens with two attached hydrogens (primary N) is 1. The molecular weight excluding hydrogens is 272 g/mol. The van der Waals surface area contributed by atoms with E-state index in [1.807, 2.05) is 0 Å². The fourth-order valence-electron chi connectivity index (χ4n) is 1.73. The SMILES string of the molecule is COC(=O)c1ccccc1C(N)CNC(=O)OC(C)(C)C. The van der Waals surface area contributed by atoms with E-state index >= 15 is 0 Å². The Balaban J connectivity index is 2.70. The van der Waals surface area contributed by atoms with Crippen LogP contribution in [0.4, 0.5) is 4.79 Å². The molecule has 0 radical (unpaired) electrons. The van der Waals surface area contributed by atoms with Gasteiger partial charge in [-0.05, 0) is 32.4 Å². The molecule has 1 unspecified atom stereocenters. The number of nitrogens with one attached hydrogen (secondary N) is 1. The molecule has 0 saturated carbocycles. The fourth-order valence-corrected chi connectivity index (χ4v) is 1.73. The maximum Gasteiger partial charge on any atom is 0.407 e. The number of carbonyl (C=O) groups excluding carboxylic acids is 2. The minimum atomic E-state index is -0.571. The van der Waals surface area contributed by atoms with E-state index in [1.165, 1.54) is 7.11 Å². The third-order valence-electron chi connectivity index (χ3n) is 2.63. The van der Waals surface area contributed by atoms with Gasteiger partial charge in [-0.3, -0.25) is 0 Å². The molecule has 0 saturated heterocycles. The number of methoxy groups -OCH3 is 1. The lowest BCUT2D eigenvalue weighted by Crippen LogP contribution is -2.37. The van der Waals surface area contributed by atoms with Crippen molar-refractivity contribution in [2.75, 3.05) is 13.7 Å². The topological polar surface area (TPSA) is 90.6 Å². The zero-order valence-electron chi connectivity index (χ0n) is 12.8. The number of esters is 1. The van der Waals surface area contributed by atoms with E-state index in [0.29, 0.717) is 11.1 Å². The highest BCUT2D eigenvalue weighted by Crippen LogP contribution is 2.17. The van der Waals surface area contributed by atoms with Crippen LogP contribution in [0.2, 0.25) is 0 Å². The van der Waals surface area contributed by atoms with E-state index < -0.39 is 23.7 Å². The lowest BCUT2D eigenvalue weighted by atomic mass is 10.0. The monoisotopic (exact) mass is 294 g/mol. The molecule has 0 aliphatic heterocycles. The molecule has 1 aromatic carbocycles. The van der Waals surface area contributed by atoms with Crippen LogP contribution in [0.3, 0.4) is 0 Å². The summed E-state index contributed by atoms with van der Waals surface area (Å²) in [5.41, 5.74) is 6.45. The van der Waals surface area contributed by atoms with Gasteiger partial charge in [-0.1, -0.05) is 18.2 Å². The summed E-state index contributed by atoms with van der Waals surface area (Å²) in [6.07, 6.45) is -0.548. The summed E-state index contributed by atoms with van der Waals surface area (Å²) in [6, 6.07) is 6.33. The molecule has 0 heterocycles. The van der Waals surface area contributed by atoms with Crippen LogP contribution < -0.4 is 11.1 Å². The smallest absolute Gasteiger partial charge is 0.407 e. The fraction of sp³-hybridized carbons (Fsp3) is 0.467. The van der Waals surface area contributed by atoms with Crippen molar-refractivity contribution in [3.8, 4) is 0 Å². The quantitative estimate of drug-likeness (QED) is 0.829. The lowest BCUT2D eigenvalue weighted by molar-refractivity contribution is 0.0524. The Kier molecular flexibility index (Phi) is 5.72. The summed E-state index contributed by atoms with van der Waals surface area (Å²) < 4.78 is 9.84. The summed E-state index contributed by atoms with van der Waals surface area (Å²) in [4.78, 5) is 23.3. The van der Waals surface area contributed by atoms with E-state index in [-0.39, 0.29) is 6.54 Å². The van der Waals surface area contributed by atoms with Crippen molar-refractivity contribution in [2.24, 2.45) is 5.73 Å². The van der Waals surface area contributed by atoms with Gasteiger partial charge in [0.25, 0.3) is 0 Å². The van der Waals surface area contributed by atoms with E-state index in [1.54, 1.807) is 45.0 Å². The average molecular weight is 294 g/mol. The highest BCUT2D eigenvalue weighted by molar-refractivity contribution is 5.91. The van der Waals surface area contributed by atoms with Crippen molar-refractivity contribution in [3.63, 3.8) is 0 Å². The average Bonchev–Trinajstić information content (AvgIpc) is 2.42. The summed E-state index contributed by atoms with van der Waals surface area (Å²) in [7, 11) is 1.31. The highest BCUT2D eigenvalue weighted by Gasteiger charge is 2.19. The molecule has 116 valence electrons. The summed E-state index contributed by atoms with van der Waals surface area (Å²) in [6.45, 7) is 5.49. The van der Waals surface area contributed by atoms with Gasteiger partial charge in [0.1, 0.15) is 5.60 Å². The van der Waals surface area contributed by atoms with Crippen LogP contribution in [0.15, 0.2) is 24.3 Å². The summed E-state index contributed by atoms with van der Waals surface area (Å²) in [5.74, 6) is -0.460. The second kappa shape index (κ2) is 7.08. The van der Waals surface area contributed by atoms with Gasteiger partial charge in [-0.15, -0.1) is 0 Å². The third-order valence-corrected chi connectivity index (χ3v) is 2.63. The molecule has 1 aromatic rings. The maximum atomic E-state index is 11.7. The first kappa shape index (κ1) is 17.0. The largest absolute Gasteiger partial charge is 0.465 e. The van der Waals surface area contributed by atoms with E-state index in [2.05, 4.69) is 5.32 Å². The number of rotatable bonds is 4. The number of carbonyl (C=O) groups is 2. The number of alkyl carbamates (subject to hydrolysis) is 1. The molecule has 3 N–H and O–H groups in total. The van der Waals surface area contributed by atoms with Gasteiger partial charge in [0, 0.05) is 12.6 Å². The van der Waals surface area contributed by atoms with Gasteiger partial charge in [0.15, 0.2) is 0 Å². The van der Waals surface area contributed by atoms with E-state index in [9.17, 15) is 9.59 Å². The van der Waals surface area contributed by atoms with Crippen LogP contribution in [0.25, 0.3) is 0 Å². The van der Waals surface area contributed by atoms with Crippen LogP contribution in [-0.2, 0) is 9.47 Å². The van der Waals surface area contributed by atoms with Gasteiger partial charge in [-0.2, -0.15) is 0 Å². The van der Waals surface area contributed by atoms with Crippen molar-refractivity contribution >= 4 is 12.1 Å². The van der Waals surface area contributed by atoms with Crippen LogP contribution in [-0.4, -0.2) is 31.3 Å². The predicted molar refractivity (Wildman–Crippen MR) is 78.9 cm³/mol. The van der Waals surface area contributed by atoms with Crippen LogP contribution >= 0.6 is 0 Å². The molecule has 0 spiro atoms. The number of benzene rings is 1. The molecule has 0 aromatic heterocycles. The second-order valence-electron chi connectivity index (χ2n) is 5.57. The summed E-state index contributed by atoms with van der Waals surface area (Å²) in [5, 5.41) is 2.58. The molecule has 0 aliphatic carbocycles. The van der Waals surface area contributed by atoms with Gasteiger partial charge in [-0.25, -0.2) is 9.59 Å². The van der Waals surface area contributed by atoms with Crippen LogP contribution in [0.1, 0.15) is 42.7 Å². The van der Waals surface area contributed by atoms with Crippen molar-refractivity contribution in [3.05, 3.63) is 35.4 Å². The lowest BCUT2D eigenvalue weighted by Gasteiger charge is -2.21. The second-order valence-corrected chi connectivity index (χ2v) is 5.57. The van der Waals surface area contributed by atoms with Crippen LogP contribution in [0, 0.1) is 0 Å².